The monoisotopic (exact) mass is 179 g/mol. The predicted octanol–water partition coefficient (Wildman–Crippen LogP) is 3.17. The first-order chi connectivity index (χ1) is 6.13. The highest BCUT2D eigenvalue weighted by Crippen LogP contribution is 2.51. The first-order valence-electron chi connectivity index (χ1n) is 5.57. The van der Waals surface area contributed by atoms with Crippen LogP contribution in [-0.4, -0.2) is 17.5 Å². The molecular formula is C12H21N. The van der Waals surface area contributed by atoms with Crippen LogP contribution in [0.25, 0.3) is 0 Å². The van der Waals surface area contributed by atoms with Crippen molar-refractivity contribution >= 4 is 0 Å². The van der Waals surface area contributed by atoms with Crippen LogP contribution in [0.1, 0.15) is 46.0 Å². The van der Waals surface area contributed by atoms with E-state index in [0.29, 0.717) is 11.5 Å². The van der Waals surface area contributed by atoms with Gasteiger partial charge in [0.1, 0.15) is 0 Å². The molecule has 1 aliphatic carbocycles. The van der Waals surface area contributed by atoms with Gasteiger partial charge in [-0.25, -0.2) is 0 Å². The summed E-state index contributed by atoms with van der Waals surface area (Å²) >= 11 is 0. The summed E-state index contributed by atoms with van der Waals surface area (Å²) in [6.07, 6.45) is 7.04. The molecule has 0 unspecified atom stereocenters. The Morgan fingerprint density at radius 2 is 2.00 bits per heavy atom. The van der Waals surface area contributed by atoms with E-state index in [1.807, 2.05) is 0 Å². The fraction of sp³-hybridized carbons (Fsp3) is 0.833. The highest BCUT2D eigenvalue weighted by atomic mass is 15.2. The van der Waals surface area contributed by atoms with Gasteiger partial charge >= 0.3 is 0 Å². The van der Waals surface area contributed by atoms with Crippen molar-refractivity contribution in [1.82, 2.24) is 4.90 Å². The summed E-state index contributed by atoms with van der Waals surface area (Å²) in [5.74, 6) is 0. The summed E-state index contributed by atoms with van der Waals surface area (Å²) < 4.78 is 0. The van der Waals surface area contributed by atoms with Crippen LogP contribution in [0, 0.1) is 5.41 Å². The number of hydrogen-bond acceptors (Lipinski definition) is 1. The molecule has 0 aromatic heterocycles. The molecule has 1 saturated carbocycles. The van der Waals surface area contributed by atoms with Crippen LogP contribution >= 0.6 is 0 Å². The molecule has 2 rings (SSSR count). The summed E-state index contributed by atoms with van der Waals surface area (Å²) in [5, 5.41) is 0. The van der Waals surface area contributed by atoms with E-state index >= 15 is 0 Å². The quantitative estimate of drug-likeness (QED) is 0.597. The van der Waals surface area contributed by atoms with Crippen molar-refractivity contribution < 1.29 is 0 Å². The van der Waals surface area contributed by atoms with Crippen LogP contribution in [0.4, 0.5) is 0 Å². The van der Waals surface area contributed by atoms with Crippen LogP contribution in [0.5, 0.6) is 0 Å². The fourth-order valence-corrected chi connectivity index (χ4v) is 2.87. The highest BCUT2D eigenvalue weighted by molar-refractivity contribution is 5.08. The lowest BCUT2D eigenvalue weighted by Gasteiger charge is -2.50. The van der Waals surface area contributed by atoms with Crippen molar-refractivity contribution in [1.29, 1.82) is 0 Å². The minimum Gasteiger partial charge on any atom is -0.373 e. The number of rotatable bonds is 1. The molecule has 1 saturated heterocycles. The first kappa shape index (κ1) is 9.11. The first-order valence-corrected chi connectivity index (χ1v) is 5.57. The standard InChI is InChI=1S/C12H21N/c1-10(2)13-8-7-12(5-4-6-12)9-11(13)3/h10H,3-9H2,1-2H3. The summed E-state index contributed by atoms with van der Waals surface area (Å²) in [6, 6.07) is 0.643. The Kier molecular flexibility index (Phi) is 2.13. The Morgan fingerprint density at radius 1 is 1.31 bits per heavy atom. The molecule has 13 heavy (non-hydrogen) atoms. The molecule has 0 atom stereocenters. The van der Waals surface area contributed by atoms with Crippen LogP contribution in [0.3, 0.4) is 0 Å². The Balaban J connectivity index is 1.99. The Labute approximate surface area is 81.8 Å². The van der Waals surface area contributed by atoms with Crippen molar-refractivity contribution in [2.45, 2.75) is 52.0 Å². The van der Waals surface area contributed by atoms with Crippen LogP contribution in [0.15, 0.2) is 12.3 Å². The summed E-state index contributed by atoms with van der Waals surface area (Å²) in [7, 11) is 0. The van der Waals surface area contributed by atoms with Crippen molar-refractivity contribution in [3.05, 3.63) is 12.3 Å². The molecule has 1 heterocycles. The molecule has 0 amide bonds. The second kappa shape index (κ2) is 3.04. The molecule has 1 heteroatoms. The van der Waals surface area contributed by atoms with Gasteiger partial charge in [-0.3, -0.25) is 0 Å². The normalized spacial score (nSPS) is 26.7. The molecule has 1 aliphatic heterocycles. The van der Waals surface area contributed by atoms with E-state index < -0.39 is 0 Å². The molecule has 0 aromatic rings. The SMILES string of the molecule is C=C1CC2(CCC2)CCN1C(C)C. The van der Waals surface area contributed by atoms with E-state index in [9.17, 15) is 0 Å². The smallest absolute Gasteiger partial charge is 0.0230 e. The molecule has 1 spiro atoms. The third-order valence-electron chi connectivity index (χ3n) is 3.91. The number of piperidine rings is 1. The van der Waals surface area contributed by atoms with Gasteiger partial charge in [0.15, 0.2) is 0 Å². The minimum atomic E-state index is 0.643. The number of allylic oxidation sites excluding steroid dienone is 1. The maximum Gasteiger partial charge on any atom is 0.0230 e. The van der Waals surface area contributed by atoms with Crippen LogP contribution in [0.2, 0.25) is 0 Å². The van der Waals surface area contributed by atoms with Gasteiger partial charge in [0, 0.05) is 18.3 Å². The summed E-state index contributed by atoms with van der Waals surface area (Å²) in [6.45, 7) is 10.0. The van der Waals surface area contributed by atoms with Crippen molar-refractivity contribution in [3.63, 3.8) is 0 Å². The zero-order valence-corrected chi connectivity index (χ0v) is 8.97. The molecule has 2 fully saturated rings. The predicted molar refractivity (Wildman–Crippen MR) is 56.5 cm³/mol. The van der Waals surface area contributed by atoms with Crippen molar-refractivity contribution in [3.8, 4) is 0 Å². The van der Waals surface area contributed by atoms with Crippen LogP contribution < -0.4 is 0 Å². The van der Waals surface area contributed by atoms with E-state index in [0.717, 1.165) is 0 Å². The average Bonchev–Trinajstić information content (AvgIpc) is 2.00. The van der Waals surface area contributed by atoms with E-state index in [-0.39, 0.29) is 0 Å². The lowest BCUT2D eigenvalue weighted by Crippen LogP contribution is -2.44. The average molecular weight is 179 g/mol. The number of hydrogen-bond donors (Lipinski definition) is 0. The topological polar surface area (TPSA) is 3.24 Å². The zero-order chi connectivity index (χ0) is 9.47. The summed E-state index contributed by atoms with van der Waals surface area (Å²) in [5.41, 5.74) is 2.09. The van der Waals surface area contributed by atoms with Gasteiger partial charge in [0.2, 0.25) is 0 Å². The molecule has 74 valence electrons. The highest BCUT2D eigenvalue weighted by Gasteiger charge is 2.41. The van der Waals surface area contributed by atoms with Gasteiger partial charge in [-0.2, -0.15) is 0 Å². The Bertz CT molecular complexity index is 213. The van der Waals surface area contributed by atoms with Crippen molar-refractivity contribution in [2.75, 3.05) is 6.54 Å². The second-order valence-electron chi connectivity index (χ2n) is 5.13. The lowest BCUT2D eigenvalue weighted by molar-refractivity contribution is 0.0526. The number of likely N-dealkylation sites (tertiary alicyclic amines) is 1. The largest absolute Gasteiger partial charge is 0.373 e. The third-order valence-corrected chi connectivity index (χ3v) is 3.91. The molecule has 0 bridgehead atoms. The van der Waals surface area contributed by atoms with Gasteiger partial charge in [-0.05, 0) is 44.9 Å². The van der Waals surface area contributed by atoms with E-state index in [4.69, 9.17) is 0 Å². The zero-order valence-electron chi connectivity index (χ0n) is 8.97. The second-order valence-corrected chi connectivity index (χ2v) is 5.13. The number of nitrogens with zero attached hydrogens (tertiary/aromatic N) is 1. The van der Waals surface area contributed by atoms with Gasteiger partial charge < -0.3 is 4.90 Å². The van der Waals surface area contributed by atoms with Gasteiger partial charge in [0.05, 0.1) is 0 Å². The molecular weight excluding hydrogens is 158 g/mol. The molecule has 2 aliphatic rings. The minimum absolute atomic E-state index is 0.643. The lowest BCUT2D eigenvalue weighted by atomic mass is 9.62. The molecule has 0 N–H and O–H groups in total. The van der Waals surface area contributed by atoms with E-state index in [1.54, 1.807) is 0 Å². The van der Waals surface area contributed by atoms with Gasteiger partial charge in [-0.1, -0.05) is 13.0 Å². The fourth-order valence-electron chi connectivity index (χ4n) is 2.87. The van der Waals surface area contributed by atoms with Gasteiger partial charge in [-0.15, -0.1) is 0 Å². The van der Waals surface area contributed by atoms with Gasteiger partial charge in [0.25, 0.3) is 0 Å². The molecule has 0 aromatic carbocycles. The Hall–Kier alpha value is -0.460. The molecule has 1 nitrogen and oxygen atoms in total. The maximum atomic E-state index is 4.22. The van der Waals surface area contributed by atoms with Crippen molar-refractivity contribution in [2.24, 2.45) is 5.41 Å². The maximum absolute atomic E-state index is 4.22. The van der Waals surface area contributed by atoms with E-state index in [2.05, 4.69) is 25.3 Å². The Morgan fingerprint density at radius 3 is 2.38 bits per heavy atom. The third kappa shape index (κ3) is 1.49. The summed E-state index contributed by atoms with van der Waals surface area (Å²) in [4.78, 5) is 2.48. The van der Waals surface area contributed by atoms with E-state index in [1.165, 1.54) is 44.3 Å². The molecule has 0 radical (unpaired) electrons. The van der Waals surface area contributed by atoms with Crippen LogP contribution in [-0.2, 0) is 0 Å².